The largest absolute Gasteiger partial charge is 0.454 e. The van der Waals surface area contributed by atoms with Crippen LogP contribution in [0.4, 0.5) is 4.79 Å². The molecule has 8 heteroatoms. The number of amides is 4. The van der Waals surface area contributed by atoms with Gasteiger partial charge >= 0.3 is 12.0 Å². The van der Waals surface area contributed by atoms with Crippen molar-refractivity contribution in [2.24, 2.45) is 0 Å². The number of nitrogens with zero attached hydrogens (tertiary/aromatic N) is 1. The van der Waals surface area contributed by atoms with E-state index in [9.17, 15) is 19.2 Å². The molecule has 1 aliphatic heterocycles. The van der Waals surface area contributed by atoms with Crippen molar-refractivity contribution in [1.29, 1.82) is 0 Å². The first-order chi connectivity index (χ1) is 11.9. The van der Waals surface area contributed by atoms with E-state index in [2.05, 4.69) is 10.6 Å². The van der Waals surface area contributed by atoms with Gasteiger partial charge in [-0.2, -0.15) is 0 Å². The maximum absolute atomic E-state index is 12.5. The van der Waals surface area contributed by atoms with Crippen molar-refractivity contribution >= 4 is 23.8 Å². The third-order valence-corrected chi connectivity index (χ3v) is 4.03. The highest BCUT2D eigenvalue weighted by molar-refractivity contribution is 6.08. The first kappa shape index (κ1) is 18.4. The molecule has 0 saturated carbocycles. The standard InChI is InChI=1S/C17H21N3O5/c1-17(9-8-12-6-4-3-5-7-12)15(23)20(16(24)19-17)10-14(22)25-11-13(21)18-2/h3-7H,8-11H2,1-2H3,(H,18,21)(H,19,24)/t17-/m0/s1. The van der Waals surface area contributed by atoms with E-state index in [0.717, 1.165) is 10.5 Å². The second kappa shape index (κ2) is 7.78. The summed E-state index contributed by atoms with van der Waals surface area (Å²) in [6.07, 6.45) is 1.02. The lowest BCUT2D eigenvalue weighted by molar-refractivity contribution is -0.151. The van der Waals surface area contributed by atoms with Gasteiger partial charge < -0.3 is 15.4 Å². The summed E-state index contributed by atoms with van der Waals surface area (Å²) in [6.45, 7) is 0.652. The summed E-state index contributed by atoms with van der Waals surface area (Å²) in [4.78, 5) is 48.2. The zero-order chi connectivity index (χ0) is 18.4. The SMILES string of the molecule is CNC(=O)COC(=O)CN1C(=O)N[C@@](C)(CCc2ccccc2)C1=O. The number of benzene rings is 1. The highest BCUT2D eigenvalue weighted by Crippen LogP contribution is 2.23. The number of aryl methyl sites for hydroxylation is 1. The maximum Gasteiger partial charge on any atom is 0.326 e. The third kappa shape index (κ3) is 4.56. The Balaban J connectivity index is 1.93. The molecule has 4 amide bonds. The van der Waals surface area contributed by atoms with Crippen LogP contribution in [0.25, 0.3) is 0 Å². The minimum Gasteiger partial charge on any atom is -0.454 e. The molecule has 2 N–H and O–H groups in total. The quantitative estimate of drug-likeness (QED) is 0.542. The average Bonchev–Trinajstić information content (AvgIpc) is 2.82. The molecule has 1 fully saturated rings. The fourth-order valence-corrected chi connectivity index (χ4v) is 2.49. The molecule has 1 aliphatic rings. The molecule has 8 nitrogen and oxygen atoms in total. The molecule has 0 unspecified atom stereocenters. The predicted molar refractivity (Wildman–Crippen MR) is 88.4 cm³/mol. The van der Waals surface area contributed by atoms with Crippen LogP contribution in [0.2, 0.25) is 0 Å². The molecule has 134 valence electrons. The zero-order valence-electron chi connectivity index (χ0n) is 14.2. The summed E-state index contributed by atoms with van der Waals surface area (Å²) >= 11 is 0. The van der Waals surface area contributed by atoms with Crippen LogP contribution >= 0.6 is 0 Å². The molecule has 2 rings (SSSR count). The van der Waals surface area contributed by atoms with Gasteiger partial charge in [-0.05, 0) is 25.3 Å². The van der Waals surface area contributed by atoms with Crippen molar-refractivity contribution in [2.45, 2.75) is 25.3 Å². The molecular weight excluding hydrogens is 326 g/mol. The lowest BCUT2D eigenvalue weighted by atomic mass is 9.93. The van der Waals surface area contributed by atoms with Gasteiger partial charge in [0.15, 0.2) is 6.61 Å². The van der Waals surface area contributed by atoms with Crippen LogP contribution in [0, 0.1) is 0 Å². The number of carbonyl (C=O) groups excluding carboxylic acids is 4. The second-order valence-electron chi connectivity index (χ2n) is 5.97. The number of hydrogen-bond donors (Lipinski definition) is 2. The van der Waals surface area contributed by atoms with Crippen LogP contribution in [0.5, 0.6) is 0 Å². The highest BCUT2D eigenvalue weighted by Gasteiger charge is 2.48. The molecule has 0 spiro atoms. The van der Waals surface area contributed by atoms with Crippen molar-refractivity contribution < 1.29 is 23.9 Å². The van der Waals surface area contributed by atoms with Crippen LogP contribution in [-0.2, 0) is 25.5 Å². The van der Waals surface area contributed by atoms with E-state index in [4.69, 9.17) is 4.74 Å². The van der Waals surface area contributed by atoms with Crippen LogP contribution in [0.15, 0.2) is 30.3 Å². The number of esters is 1. The van der Waals surface area contributed by atoms with E-state index in [0.29, 0.717) is 12.8 Å². The molecular formula is C17H21N3O5. The Morgan fingerprint density at radius 1 is 1.24 bits per heavy atom. The Kier molecular flexibility index (Phi) is 5.74. The molecule has 1 heterocycles. The smallest absolute Gasteiger partial charge is 0.326 e. The number of nitrogens with one attached hydrogen (secondary N) is 2. The Morgan fingerprint density at radius 2 is 1.92 bits per heavy atom. The zero-order valence-corrected chi connectivity index (χ0v) is 14.2. The summed E-state index contributed by atoms with van der Waals surface area (Å²) in [7, 11) is 1.41. The van der Waals surface area contributed by atoms with Gasteiger partial charge in [0.2, 0.25) is 0 Å². The summed E-state index contributed by atoms with van der Waals surface area (Å²) in [6, 6.07) is 8.96. The third-order valence-electron chi connectivity index (χ3n) is 4.03. The minimum absolute atomic E-state index is 0.408. The topological polar surface area (TPSA) is 105 Å². The monoisotopic (exact) mass is 347 g/mol. The van der Waals surface area contributed by atoms with E-state index < -0.39 is 42.5 Å². The summed E-state index contributed by atoms with van der Waals surface area (Å²) < 4.78 is 4.73. The van der Waals surface area contributed by atoms with Crippen LogP contribution in [0.3, 0.4) is 0 Å². The number of likely N-dealkylation sites (N-methyl/N-ethyl adjacent to an activating group) is 1. The van der Waals surface area contributed by atoms with Gasteiger partial charge in [-0.1, -0.05) is 30.3 Å². The molecule has 1 aromatic rings. The van der Waals surface area contributed by atoms with Gasteiger partial charge in [-0.15, -0.1) is 0 Å². The first-order valence-electron chi connectivity index (χ1n) is 7.90. The normalized spacial score (nSPS) is 19.5. The fourth-order valence-electron chi connectivity index (χ4n) is 2.49. The maximum atomic E-state index is 12.5. The minimum atomic E-state index is -1.08. The van der Waals surface area contributed by atoms with Gasteiger partial charge in [0.1, 0.15) is 12.1 Å². The molecule has 25 heavy (non-hydrogen) atoms. The number of urea groups is 1. The van der Waals surface area contributed by atoms with E-state index in [-0.39, 0.29) is 0 Å². The fraction of sp³-hybridized carbons (Fsp3) is 0.412. The number of carbonyl (C=O) groups is 4. The molecule has 0 radical (unpaired) electrons. The molecule has 1 saturated heterocycles. The van der Waals surface area contributed by atoms with Gasteiger partial charge in [-0.25, -0.2) is 4.79 Å². The van der Waals surface area contributed by atoms with E-state index >= 15 is 0 Å². The van der Waals surface area contributed by atoms with Gasteiger partial charge in [0.25, 0.3) is 11.8 Å². The first-order valence-corrected chi connectivity index (χ1v) is 7.90. The molecule has 1 aromatic carbocycles. The van der Waals surface area contributed by atoms with Gasteiger partial charge in [-0.3, -0.25) is 19.3 Å². The van der Waals surface area contributed by atoms with Crippen molar-refractivity contribution in [3.63, 3.8) is 0 Å². The van der Waals surface area contributed by atoms with Gasteiger partial charge in [0.05, 0.1) is 0 Å². The summed E-state index contributed by atoms with van der Waals surface area (Å²) in [5.74, 6) is -1.78. The lowest BCUT2D eigenvalue weighted by Crippen LogP contribution is -2.44. The Morgan fingerprint density at radius 3 is 2.56 bits per heavy atom. The van der Waals surface area contributed by atoms with Crippen LogP contribution < -0.4 is 10.6 Å². The Labute approximate surface area is 145 Å². The highest BCUT2D eigenvalue weighted by atomic mass is 16.5. The van der Waals surface area contributed by atoms with Crippen molar-refractivity contribution in [3.8, 4) is 0 Å². The number of imide groups is 1. The van der Waals surface area contributed by atoms with Crippen molar-refractivity contribution in [2.75, 3.05) is 20.2 Å². The lowest BCUT2D eigenvalue weighted by Gasteiger charge is -2.21. The second-order valence-corrected chi connectivity index (χ2v) is 5.97. The number of rotatable bonds is 7. The van der Waals surface area contributed by atoms with Gasteiger partial charge in [0, 0.05) is 7.05 Å². The van der Waals surface area contributed by atoms with Crippen LogP contribution in [0.1, 0.15) is 18.9 Å². The van der Waals surface area contributed by atoms with Crippen molar-refractivity contribution in [3.05, 3.63) is 35.9 Å². The van der Waals surface area contributed by atoms with E-state index in [1.165, 1.54) is 7.05 Å². The predicted octanol–water partition coefficient (Wildman–Crippen LogP) is 0.219. The average molecular weight is 347 g/mol. The van der Waals surface area contributed by atoms with E-state index in [1.807, 2.05) is 30.3 Å². The number of hydrogen-bond acceptors (Lipinski definition) is 5. The summed E-state index contributed by atoms with van der Waals surface area (Å²) in [5, 5.41) is 4.93. The van der Waals surface area contributed by atoms with Crippen LogP contribution in [-0.4, -0.2) is 54.5 Å². The molecule has 0 aliphatic carbocycles. The Bertz CT molecular complexity index is 676. The van der Waals surface area contributed by atoms with Crippen molar-refractivity contribution in [1.82, 2.24) is 15.5 Å². The number of ether oxygens (including phenoxy) is 1. The Hall–Kier alpha value is -2.90. The molecule has 0 aromatic heterocycles. The van der Waals surface area contributed by atoms with E-state index in [1.54, 1.807) is 6.92 Å². The summed E-state index contributed by atoms with van der Waals surface area (Å²) in [5.41, 5.74) is -0.0252. The molecule has 0 bridgehead atoms. The molecule has 1 atom stereocenters.